The molecule has 1 aliphatic carbocycles. The van der Waals surface area contributed by atoms with Crippen molar-refractivity contribution in [2.24, 2.45) is 5.92 Å². The summed E-state index contributed by atoms with van der Waals surface area (Å²) in [4.78, 5) is 18.2. The van der Waals surface area contributed by atoms with Gasteiger partial charge in [-0.2, -0.15) is 0 Å². The number of fused-ring (bicyclic) bond motifs is 1. The molecule has 2 aliphatic heterocycles. The highest BCUT2D eigenvalue weighted by atomic mass is 16.1. The molecule has 1 unspecified atom stereocenters. The average Bonchev–Trinajstić information content (AvgIpc) is 2.77. The number of rotatable bonds is 5. The molecule has 1 saturated carbocycles. The van der Waals surface area contributed by atoms with Gasteiger partial charge in [-0.1, -0.05) is 43.5 Å². The number of hydrogen-bond donors (Lipinski definition) is 2. The Morgan fingerprint density at radius 3 is 2.62 bits per heavy atom. The second-order valence-corrected chi connectivity index (χ2v) is 9.17. The zero-order valence-corrected chi connectivity index (χ0v) is 18.0. The first-order valence-corrected chi connectivity index (χ1v) is 11.3. The van der Waals surface area contributed by atoms with Crippen LogP contribution in [-0.4, -0.2) is 67.6 Å². The number of amides is 1. The Balaban J connectivity index is 1.41. The molecule has 29 heavy (non-hydrogen) atoms. The fourth-order valence-electron chi connectivity index (χ4n) is 5.18. The second-order valence-electron chi connectivity index (χ2n) is 9.17. The van der Waals surface area contributed by atoms with Gasteiger partial charge in [0, 0.05) is 50.5 Å². The molecule has 0 bridgehead atoms. The van der Waals surface area contributed by atoms with Crippen LogP contribution < -0.4 is 10.6 Å². The maximum absolute atomic E-state index is 13.1. The number of para-hydroxylation sites is 1. The van der Waals surface area contributed by atoms with Gasteiger partial charge in [-0.15, -0.1) is 0 Å². The third kappa shape index (κ3) is 4.51. The van der Waals surface area contributed by atoms with Crippen molar-refractivity contribution in [2.75, 3.05) is 51.6 Å². The minimum absolute atomic E-state index is 0.107. The third-order valence-corrected chi connectivity index (χ3v) is 7.28. The molecule has 158 valence electrons. The molecule has 1 amide bonds. The quantitative estimate of drug-likeness (QED) is 0.802. The molecule has 1 saturated heterocycles. The van der Waals surface area contributed by atoms with Gasteiger partial charge in [-0.25, -0.2) is 0 Å². The first kappa shape index (κ1) is 20.4. The summed E-state index contributed by atoms with van der Waals surface area (Å²) in [6.45, 7) is 8.07. The highest BCUT2D eigenvalue weighted by Crippen LogP contribution is 2.34. The highest BCUT2D eigenvalue weighted by Gasteiger charge is 2.39. The molecule has 2 fully saturated rings. The number of hydrogen-bond acceptors (Lipinski definition) is 4. The molecule has 0 radical (unpaired) electrons. The maximum Gasteiger partial charge on any atom is 0.227 e. The van der Waals surface area contributed by atoms with E-state index >= 15 is 0 Å². The smallest absolute Gasteiger partial charge is 0.227 e. The van der Waals surface area contributed by atoms with Crippen molar-refractivity contribution in [3.63, 3.8) is 0 Å². The number of piperazine rings is 1. The molecule has 2 N–H and O–H groups in total. The van der Waals surface area contributed by atoms with Gasteiger partial charge in [-0.05, 0) is 44.0 Å². The van der Waals surface area contributed by atoms with Crippen molar-refractivity contribution in [3.05, 3.63) is 35.4 Å². The minimum atomic E-state index is -0.107. The Bertz CT molecular complexity index is 745. The first-order valence-electron chi connectivity index (χ1n) is 11.3. The molecular weight excluding hydrogens is 360 g/mol. The van der Waals surface area contributed by atoms with Gasteiger partial charge in [0.15, 0.2) is 0 Å². The van der Waals surface area contributed by atoms with E-state index in [2.05, 4.69) is 45.7 Å². The summed E-state index contributed by atoms with van der Waals surface area (Å²) >= 11 is 0. The van der Waals surface area contributed by atoms with Crippen LogP contribution in [0.2, 0.25) is 0 Å². The molecule has 5 nitrogen and oxygen atoms in total. The van der Waals surface area contributed by atoms with Crippen LogP contribution in [-0.2, 0) is 4.79 Å². The SMILES string of the molecule is CC(C(=O)NCC1(N2CCN(C)CC2)CCCCC1)C1=Cc2ccccc2NC1. The Morgan fingerprint density at radius 2 is 1.86 bits per heavy atom. The van der Waals surface area contributed by atoms with Gasteiger partial charge >= 0.3 is 0 Å². The normalized spacial score (nSPS) is 23.4. The van der Waals surface area contributed by atoms with E-state index in [-0.39, 0.29) is 17.4 Å². The Hall–Kier alpha value is -1.85. The monoisotopic (exact) mass is 396 g/mol. The molecule has 3 aliphatic rings. The van der Waals surface area contributed by atoms with Crippen molar-refractivity contribution in [2.45, 2.75) is 44.6 Å². The van der Waals surface area contributed by atoms with E-state index in [9.17, 15) is 4.79 Å². The molecule has 1 aromatic rings. The molecule has 2 heterocycles. The Morgan fingerprint density at radius 1 is 1.14 bits per heavy atom. The van der Waals surface area contributed by atoms with Gasteiger partial charge in [0.05, 0.1) is 5.92 Å². The lowest BCUT2D eigenvalue weighted by Gasteiger charge is -2.49. The summed E-state index contributed by atoms with van der Waals surface area (Å²) in [5, 5.41) is 6.82. The Labute approximate surface area is 175 Å². The van der Waals surface area contributed by atoms with Crippen LogP contribution in [0.3, 0.4) is 0 Å². The lowest BCUT2D eigenvalue weighted by molar-refractivity contribution is -0.124. The van der Waals surface area contributed by atoms with Crippen LogP contribution in [0.1, 0.15) is 44.6 Å². The van der Waals surface area contributed by atoms with Crippen LogP contribution in [0.5, 0.6) is 0 Å². The van der Waals surface area contributed by atoms with Gasteiger partial charge in [0.2, 0.25) is 5.91 Å². The van der Waals surface area contributed by atoms with Crippen LogP contribution in [0.15, 0.2) is 29.8 Å². The molecule has 1 aromatic carbocycles. The summed E-state index contributed by atoms with van der Waals surface area (Å²) in [5.41, 5.74) is 3.65. The van der Waals surface area contributed by atoms with Gasteiger partial charge in [-0.3, -0.25) is 9.69 Å². The van der Waals surface area contributed by atoms with E-state index in [1.807, 2.05) is 19.1 Å². The average molecular weight is 397 g/mol. The van der Waals surface area contributed by atoms with Crippen LogP contribution >= 0.6 is 0 Å². The lowest BCUT2D eigenvalue weighted by Crippen LogP contribution is -2.61. The van der Waals surface area contributed by atoms with Crippen LogP contribution in [0.25, 0.3) is 6.08 Å². The number of anilines is 1. The standard InChI is InChI=1S/C24H36N4O/c1-19(21-16-20-8-4-5-9-22(20)25-17-21)23(29)26-18-24(10-6-3-7-11-24)28-14-12-27(2)13-15-28/h4-5,8-9,16,19,25H,3,6-7,10-15,17-18H2,1-2H3,(H,26,29). The maximum atomic E-state index is 13.1. The summed E-state index contributed by atoms with van der Waals surface area (Å²) in [7, 11) is 2.21. The number of nitrogens with one attached hydrogen (secondary N) is 2. The predicted octanol–water partition coefficient (Wildman–Crippen LogP) is 3.20. The number of likely N-dealkylation sites (N-methyl/N-ethyl adjacent to an activating group) is 1. The minimum Gasteiger partial charge on any atom is -0.381 e. The summed E-state index contributed by atoms with van der Waals surface area (Å²) in [6, 6.07) is 8.29. The highest BCUT2D eigenvalue weighted by molar-refractivity contribution is 5.85. The van der Waals surface area contributed by atoms with Gasteiger partial charge in [0.25, 0.3) is 0 Å². The van der Waals surface area contributed by atoms with Gasteiger partial charge in [0.1, 0.15) is 0 Å². The van der Waals surface area contributed by atoms with Crippen molar-refractivity contribution in [3.8, 4) is 0 Å². The summed E-state index contributed by atoms with van der Waals surface area (Å²) in [5.74, 6) is 0.0560. The first-order chi connectivity index (χ1) is 14.1. The van der Waals surface area contributed by atoms with E-state index in [0.29, 0.717) is 0 Å². The van der Waals surface area contributed by atoms with Crippen molar-refractivity contribution in [1.29, 1.82) is 0 Å². The van der Waals surface area contributed by atoms with E-state index < -0.39 is 0 Å². The summed E-state index contributed by atoms with van der Waals surface area (Å²) < 4.78 is 0. The van der Waals surface area contributed by atoms with Crippen molar-refractivity contribution < 1.29 is 4.79 Å². The fraction of sp³-hybridized carbons (Fsp3) is 0.625. The predicted molar refractivity (Wildman–Crippen MR) is 120 cm³/mol. The number of carbonyl (C=O) groups is 1. The fourth-order valence-corrected chi connectivity index (χ4v) is 5.18. The van der Waals surface area contributed by atoms with Gasteiger partial charge < -0.3 is 15.5 Å². The van der Waals surface area contributed by atoms with Crippen LogP contribution in [0, 0.1) is 5.92 Å². The molecular formula is C24H36N4O. The molecule has 0 aromatic heterocycles. The van der Waals surface area contributed by atoms with E-state index in [0.717, 1.165) is 45.0 Å². The van der Waals surface area contributed by atoms with E-state index in [1.54, 1.807) is 0 Å². The molecule has 1 atom stereocenters. The third-order valence-electron chi connectivity index (χ3n) is 7.28. The van der Waals surface area contributed by atoms with E-state index in [4.69, 9.17) is 0 Å². The summed E-state index contributed by atoms with van der Waals surface area (Å²) in [6.07, 6.45) is 8.50. The Kier molecular flexibility index (Phi) is 6.26. The zero-order valence-electron chi connectivity index (χ0n) is 18.0. The molecule has 0 spiro atoms. The number of carbonyl (C=O) groups excluding carboxylic acids is 1. The molecule has 5 heteroatoms. The number of benzene rings is 1. The largest absolute Gasteiger partial charge is 0.381 e. The molecule has 4 rings (SSSR count). The number of nitrogens with zero attached hydrogens (tertiary/aromatic N) is 2. The van der Waals surface area contributed by atoms with Crippen molar-refractivity contribution >= 4 is 17.7 Å². The lowest BCUT2D eigenvalue weighted by atomic mass is 9.79. The van der Waals surface area contributed by atoms with Crippen LogP contribution in [0.4, 0.5) is 5.69 Å². The second kappa shape index (κ2) is 8.88. The topological polar surface area (TPSA) is 47.6 Å². The van der Waals surface area contributed by atoms with Crippen molar-refractivity contribution in [1.82, 2.24) is 15.1 Å². The zero-order chi connectivity index (χ0) is 20.3. The van der Waals surface area contributed by atoms with E-state index in [1.165, 1.54) is 43.2 Å².